The molecule has 0 saturated carbocycles. The van der Waals surface area contributed by atoms with E-state index in [9.17, 15) is 19.5 Å². The number of carbonyl (C=O) groups is 3. The minimum absolute atomic E-state index is 0.0993. The zero-order chi connectivity index (χ0) is 18.3. The Kier molecular flexibility index (Phi) is 4.20. The van der Waals surface area contributed by atoms with Gasteiger partial charge in [-0.2, -0.15) is 0 Å². The Morgan fingerprint density at radius 1 is 1.20 bits per heavy atom. The number of aliphatic carboxylic acids is 1. The highest BCUT2D eigenvalue weighted by Gasteiger charge is 2.34. The van der Waals surface area contributed by atoms with Crippen molar-refractivity contribution in [2.45, 2.75) is 33.2 Å². The molecule has 3 rings (SSSR count). The second kappa shape index (κ2) is 6.20. The number of amides is 1. The van der Waals surface area contributed by atoms with Gasteiger partial charge in [0.25, 0.3) is 5.91 Å². The first-order valence-corrected chi connectivity index (χ1v) is 8.11. The van der Waals surface area contributed by atoms with E-state index in [1.165, 1.54) is 11.8 Å². The molecule has 6 heteroatoms. The average molecular weight is 340 g/mol. The van der Waals surface area contributed by atoms with E-state index >= 15 is 0 Å². The maximum absolute atomic E-state index is 13.0. The molecule has 2 aromatic rings. The van der Waals surface area contributed by atoms with Gasteiger partial charge in [0.1, 0.15) is 5.69 Å². The molecular formula is C19H20N2O4. The second-order valence-corrected chi connectivity index (χ2v) is 6.46. The van der Waals surface area contributed by atoms with E-state index < -0.39 is 11.9 Å². The van der Waals surface area contributed by atoms with Crippen LogP contribution in [0.5, 0.6) is 0 Å². The molecule has 0 radical (unpaired) electrons. The summed E-state index contributed by atoms with van der Waals surface area (Å²) in [6.45, 7) is 5.42. The summed E-state index contributed by atoms with van der Waals surface area (Å²) in [6, 6.07) is 7.29. The quantitative estimate of drug-likeness (QED) is 0.841. The first kappa shape index (κ1) is 17.0. The lowest BCUT2D eigenvalue weighted by Crippen LogP contribution is -2.41. The Bertz CT molecular complexity index is 882. The number of H-pyrrole nitrogens is 1. The predicted molar refractivity (Wildman–Crippen MR) is 91.8 cm³/mol. The van der Waals surface area contributed by atoms with Crippen LogP contribution in [0.4, 0.5) is 0 Å². The molecule has 0 fully saturated rings. The van der Waals surface area contributed by atoms with Crippen molar-refractivity contribution in [2.24, 2.45) is 0 Å². The summed E-state index contributed by atoms with van der Waals surface area (Å²) in [6.07, 6.45) is 0. The van der Waals surface area contributed by atoms with Crippen molar-refractivity contribution in [1.82, 2.24) is 9.88 Å². The lowest BCUT2D eigenvalue weighted by molar-refractivity contribution is -0.139. The number of benzene rings is 1. The number of hydrogen-bond acceptors (Lipinski definition) is 3. The maximum Gasteiger partial charge on any atom is 0.312 e. The summed E-state index contributed by atoms with van der Waals surface area (Å²) in [5.41, 5.74) is 3.73. The zero-order valence-electron chi connectivity index (χ0n) is 14.4. The summed E-state index contributed by atoms with van der Waals surface area (Å²) in [4.78, 5) is 40.9. The van der Waals surface area contributed by atoms with Gasteiger partial charge >= 0.3 is 5.97 Å². The van der Waals surface area contributed by atoms with Crippen molar-refractivity contribution in [3.8, 4) is 0 Å². The van der Waals surface area contributed by atoms with Gasteiger partial charge < -0.3 is 15.0 Å². The number of aromatic nitrogens is 1. The van der Waals surface area contributed by atoms with E-state index in [2.05, 4.69) is 4.98 Å². The minimum Gasteiger partial charge on any atom is -0.481 e. The van der Waals surface area contributed by atoms with E-state index in [-0.39, 0.29) is 18.2 Å². The Labute approximate surface area is 145 Å². The van der Waals surface area contributed by atoms with Gasteiger partial charge in [0.05, 0.1) is 5.92 Å². The standard InChI is InChI=1S/C19H20N2O4/c1-10-16(12(3)22)11(2)20-17(10)18(23)21-8-13-6-4-5-7-14(13)15(9-21)19(24)25/h4-7,15,20H,8-9H2,1-3H3,(H,24,25). The normalized spacial score (nSPS) is 16.4. The summed E-state index contributed by atoms with van der Waals surface area (Å²) in [7, 11) is 0. The number of carboxylic acid groups (broad SMARTS) is 1. The highest BCUT2D eigenvalue weighted by atomic mass is 16.4. The van der Waals surface area contributed by atoms with Crippen LogP contribution in [0.25, 0.3) is 0 Å². The molecule has 1 aromatic heterocycles. The third kappa shape index (κ3) is 2.84. The zero-order valence-corrected chi connectivity index (χ0v) is 14.4. The van der Waals surface area contributed by atoms with Gasteiger partial charge in [-0.3, -0.25) is 14.4 Å². The Balaban J connectivity index is 1.98. The highest BCUT2D eigenvalue weighted by Crippen LogP contribution is 2.30. The average Bonchev–Trinajstić information content (AvgIpc) is 2.87. The number of rotatable bonds is 3. The van der Waals surface area contributed by atoms with Gasteiger partial charge in [-0.15, -0.1) is 0 Å². The molecule has 2 N–H and O–H groups in total. The molecule has 1 aliphatic rings. The fourth-order valence-corrected chi connectivity index (χ4v) is 3.62. The summed E-state index contributed by atoms with van der Waals surface area (Å²) in [5.74, 6) is -2.09. The number of hydrogen-bond donors (Lipinski definition) is 2. The van der Waals surface area contributed by atoms with Crippen LogP contribution in [-0.2, 0) is 11.3 Å². The molecule has 0 aliphatic carbocycles. The van der Waals surface area contributed by atoms with Crippen LogP contribution in [0.3, 0.4) is 0 Å². The van der Waals surface area contributed by atoms with Gasteiger partial charge in [0.15, 0.2) is 5.78 Å². The van der Waals surface area contributed by atoms with Crippen molar-refractivity contribution < 1.29 is 19.5 Å². The van der Waals surface area contributed by atoms with E-state index in [1.54, 1.807) is 19.9 Å². The van der Waals surface area contributed by atoms with Crippen LogP contribution >= 0.6 is 0 Å². The van der Waals surface area contributed by atoms with Gasteiger partial charge in [0.2, 0.25) is 0 Å². The van der Waals surface area contributed by atoms with Crippen LogP contribution in [0.1, 0.15) is 56.1 Å². The van der Waals surface area contributed by atoms with Crippen molar-refractivity contribution in [3.63, 3.8) is 0 Å². The number of fused-ring (bicyclic) bond motifs is 1. The number of carbonyl (C=O) groups excluding carboxylic acids is 2. The van der Waals surface area contributed by atoms with Crippen LogP contribution < -0.4 is 0 Å². The number of ketones is 1. The van der Waals surface area contributed by atoms with E-state index in [0.717, 1.165) is 11.1 Å². The lowest BCUT2D eigenvalue weighted by atomic mass is 9.89. The minimum atomic E-state index is -0.950. The van der Waals surface area contributed by atoms with Gasteiger partial charge in [-0.1, -0.05) is 24.3 Å². The number of Topliss-reactive ketones (excluding diaryl/α,β-unsaturated/α-hetero) is 1. The van der Waals surface area contributed by atoms with Gasteiger partial charge in [0, 0.05) is 24.3 Å². The fraction of sp³-hybridized carbons (Fsp3) is 0.316. The van der Waals surface area contributed by atoms with Crippen molar-refractivity contribution >= 4 is 17.7 Å². The fourth-order valence-electron chi connectivity index (χ4n) is 3.62. The second-order valence-electron chi connectivity index (χ2n) is 6.46. The largest absolute Gasteiger partial charge is 0.481 e. The number of aromatic amines is 1. The van der Waals surface area contributed by atoms with Crippen LogP contribution in [-0.4, -0.2) is 39.2 Å². The SMILES string of the molecule is CC(=O)c1c(C)[nH]c(C(=O)N2Cc3ccccc3C(C(=O)O)C2)c1C. The van der Waals surface area contributed by atoms with Crippen molar-refractivity contribution in [2.75, 3.05) is 6.54 Å². The van der Waals surface area contributed by atoms with Crippen LogP contribution in [0.2, 0.25) is 0 Å². The first-order chi connectivity index (χ1) is 11.8. The van der Waals surface area contributed by atoms with E-state index in [0.29, 0.717) is 29.1 Å². The van der Waals surface area contributed by atoms with E-state index in [4.69, 9.17) is 0 Å². The molecule has 1 aromatic carbocycles. The smallest absolute Gasteiger partial charge is 0.312 e. The van der Waals surface area contributed by atoms with Crippen molar-refractivity contribution in [3.05, 3.63) is 57.9 Å². The molecular weight excluding hydrogens is 320 g/mol. The van der Waals surface area contributed by atoms with E-state index in [1.807, 2.05) is 18.2 Å². The molecule has 1 unspecified atom stereocenters. The van der Waals surface area contributed by atoms with Gasteiger partial charge in [-0.25, -0.2) is 0 Å². The molecule has 0 spiro atoms. The third-order valence-electron chi connectivity index (χ3n) is 4.78. The van der Waals surface area contributed by atoms with Crippen LogP contribution in [0.15, 0.2) is 24.3 Å². The topological polar surface area (TPSA) is 90.5 Å². The monoisotopic (exact) mass is 340 g/mol. The Morgan fingerprint density at radius 3 is 2.48 bits per heavy atom. The number of aryl methyl sites for hydroxylation is 1. The first-order valence-electron chi connectivity index (χ1n) is 8.11. The summed E-state index contributed by atoms with van der Waals surface area (Å²) < 4.78 is 0. The Morgan fingerprint density at radius 2 is 1.88 bits per heavy atom. The molecule has 2 heterocycles. The molecule has 1 atom stereocenters. The number of nitrogens with one attached hydrogen (secondary N) is 1. The Hall–Kier alpha value is -2.89. The molecule has 6 nitrogen and oxygen atoms in total. The molecule has 0 saturated heterocycles. The lowest BCUT2D eigenvalue weighted by Gasteiger charge is -2.32. The predicted octanol–water partition coefficient (Wildman–Crippen LogP) is 2.66. The molecule has 1 amide bonds. The molecule has 1 aliphatic heterocycles. The molecule has 25 heavy (non-hydrogen) atoms. The number of carboxylic acids is 1. The van der Waals surface area contributed by atoms with Crippen LogP contribution in [0, 0.1) is 13.8 Å². The summed E-state index contributed by atoms with van der Waals surface area (Å²) >= 11 is 0. The summed E-state index contributed by atoms with van der Waals surface area (Å²) in [5, 5.41) is 9.54. The van der Waals surface area contributed by atoms with Gasteiger partial charge in [-0.05, 0) is 37.5 Å². The third-order valence-corrected chi connectivity index (χ3v) is 4.78. The number of nitrogens with zero attached hydrogens (tertiary/aromatic N) is 1. The van der Waals surface area contributed by atoms with Crippen molar-refractivity contribution in [1.29, 1.82) is 0 Å². The maximum atomic E-state index is 13.0. The molecule has 0 bridgehead atoms. The highest BCUT2D eigenvalue weighted by molar-refractivity contribution is 6.02. The molecule has 130 valence electrons.